The molecule has 0 aromatic carbocycles. The molecule has 0 saturated heterocycles. The average molecular weight is 267 g/mol. The van der Waals surface area contributed by atoms with Gasteiger partial charge in [0.25, 0.3) is 11.5 Å². The van der Waals surface area contributed by atoms with Crippen LogP contribution in [0.1, 0.15) is 24.3 Å². The van der Waals surface area contributed by atoms with E-state index >= 15 is 0 Å². The van der Waals surface area contributed by atoms with E-state index in [4.69, 9.17) is 4.74 Å². The molecule has 0 spiro atoms. The molecule has 104 valence electrons. The zero-order valence-electron chi connectivity index (χ0n) is 11.3. The van der Waals surface area contributed by atoms with E-state index in [9.17, 15) is 14.4 Å². The number of amides is 1. The molecule has 7 heteroatoms. The van der Waals surface area contributed by atoms with E-state index in [1.54, 1.807) is 13.8 Å². The van der Waals surface area contributed by atoms with Gasteiger partial charge >= 0.3 is 5.97 Å². The fourth-order valence-corrected chi connectivity index (χ4v) is 1.47. The summed E-state index contributed by atoms with van der Waals surface area (Å²) in [5.41, 5.74) is -0.182. The van der Waals surface area contributed by atoms with Crippen molar-refractivity contribution in [3.05, 3.63) is 28.2 Å². The lowest BCUT2D eigenvalue weighted by molar-refractivity contribution is -0.143. The Morgan fingerprint density at radius 2 is 2.05 bits per heavy atom. The quantitative estimate of drug-likeness (QED) is 0.690. The molecule has 0 atom stereocenters. The fraction of sp³-hybridized carbons (Fsp3) is 0.500. The predicted octanol–water partition coefficient (Wildman–Crippen LogP) is -0.194. The minimum absolute atomic E-state index is 0.119. The molecule has 7 nitrogen and oxygen atoms in total. The smallest absolute Gasteiger partial charge is 0.325 e. The maximum absolute atomic E-state index is 12.1. The molecular formula is C12H17N3O4. The molecule has 1 heterocycles. The summed E-state index contributed by atoms with van der Waals surface area (Å²) < 4.78 is 5.87. The second kappa shape index (κ2) is 6.67. The Bertz CT molecular complexity index is 524. The molecule has 1 aromatic heterocycles. The highest BCUT2D eigenvalue weighted by Crippen LogP contribution is 2.00. The molecule has 0 unspecified atom stereocenters. The van der Waals surface area contributed by atoms with Crippen LogP contribution in [0.4, 0.5) is 0 Å². The first kappa shape index (κ1) is 14.9. The number of rotatable bonds is 5. The molecule has 0 N–H and O–H groups in total. The highest BCUT2D eigenvalue weighted by molar-refractivity contribution is 5.94. The Kier molecular flexibility index (Phi) is 5.23. The van der Waals surface area contributed by atoms with Gasteiger partial charge in [0.2, 0.25) is 0 Å². The Morgan fingerprint density at radius 1 is 1.37 bits per heavy atom. The zero-order chi connectivity index (χ0) is 14.4. The Balaban J connectivity index is 2.86. The number of carbonyl (C=O) groups is 2. The topological polar surface area (TPSA) is 81.5 Å². The van der Waals surface area contributed by atoms with E-state index in [-0.39, 0.29) is 24.4 Å². The van der Waals surface area contributed by atoms with Crippen molar-refractivity contribution in [2.75, 3.05) is 19.7 Å². The maximum atomic E-state index is 12.1. The number of aromatic nitrogens is 2. The number of aryl methyl sites for hydroxylation is 1. The van der Waals surface area contributed by atoms with Crippen LogP contribution in [0.3, 0.4) is 0 Å². The van der Waals surface area contributed by atoms with E-state index in [0.717, 1.165) is 4.68 Å². The summed E-state index contributed by atoms with van der Waals surface area (Å²) in [6.45, 7) is 3.93. The normalized spacial score (nSPS) is 10.1. The standard InChI is InChI=1S/C12H17N3O4/c1-4-15(8-11(17)19-5-2)12(18)9-6-7-10(16)14(3)13-9/h6-7H,4-5,8H2,1-3H3. The van der Waals surface area contributed by atoms with Crippen molar-refractivity contribution < 1.29 is 14.3 Å². The van der Waals surface area contributed by atoms with E-state index in [1.165, 1.54) is 24.1 Å². The van der Waals surface area contributed by atoms with Gasteiger partial charge in [0, 0.05) is 19.7 Å². The number of ether oxygens (including phenoxy) is 1. The molecule has 19 heavy (non-hydrogen) atoms. The largest absolute Gasteiger partial charge is 0.465 e. The minimum atomic E-state index is -0.470. The number of esters is 1. The fourth-order valence-electron chi connectivity index (χ4n) is 1.47. The number of likely N-dealkylation sites (N-methyl/N-ethyl adjacent to an activating group) is 1. The highest BCUT2D eigenvalue weighted by Gasteiger charge is 2.19. The number of hydrogen-bond acceptors (Lipinski definition) is 5. The summed E-state index contributed by atoms with van der Waals surface area (Å²) in [6, 6.07) is 2.61. The van der Waals surface area contributed by atoms with Crippen LogP contribution in [0.5, 0.6) is 0 Å². The highest BCUT2D eigenvalue weighted by atomic mass is 16.5. The van der Waals surface area contributed by atoms with Gasteiger partial charge in [0.15, 0.2) is 0 Å². The third-order valence-electron chi connectivity index (χ3n) is 2.47. The van der Waals surface area contributed by atoms with Gasteiger partial charge in [0.1, 0.15) is 12.2 Å². The van der Waals surface area contributed by atoms with Crippen LogP contribution < -0.4 is 5.56 Å². The van der Waals surface area contributed by atoms with Gasteiger partial charge in [-0.2, -0.15) is 5.10 Å². The van der Waals surface area contributed by atoms with Crippen LogP contribution in [0.2, 0.25) is 0 Å². The summed E-state index contributed by atoms with van der Waals surface area (Å²) in [4.78, 5) is 36.0. The van der Waals surface area contributed by atoms with E-state index in [2.05, 4.69) is 5.10 Å². The van der Waals surface area contributed by atoms with Gasteiger partial charge in [0.05, 0.1) is 6.61 Å². The molecule has 0 saturated carbocycles. The molecule has 0 aliphatic rings. The second-order valence-corrected chi connectivity index (χ2v) is 3.80. The van der Waals surface area contributed by atoms with Crippen LogP contribution in [0, 0.1) is 0 Å². The molecular weight excluding hydrogens is 250 g/mol. The third-order valence-corrected chi connectivity index (χ3v) is 2.47. The summed E-state index contributed by atoms with van der Waals surface area (Å²) in [5.74, 6) is -0.881. The molecule has 1 rings (SSSR count). The molecule has 0 fully saturated rings. The van der Waals surface area contributed by atoms with Crippen molar-refractivity contribution in [3.63, 3.8) is 0 Å². The van der Waals surface area contributed by atoms with Crippen molar-refractivity contribution in [2.45, 2.75) is 13.8 Å². The van der Waals surface area contributed by atoms with Gasteiger partial charge in [-0.3, -0.25) is 14.4 Å². The molecule has 0 bridgehead atoms. The molecule has 1 aromatic rings. The number of hydrogen-bond donors (Lipinski definition) is 0. The van der Waals surface area contributed by atoms with E-state index in [0.29, 0.717) is 6.54 Å². The Hall–Kier alpha value is -2.18. The predicted molar refractivity (Wildman–Crippen MR) is 67.7 cm³/mol. The van der Waals surface area contributed by atoms with Crippen molar-refractivity contribution >= 4 is 11.9 Å². The minimum Gasteiger partial charge on any atom is -0.465 e. The lowest BCUT2D eigenvalue weighted by atomic mass is 10.3. The van der Waals surface area contributed by atoms with E-state index in [1.807, 2.05) is 0 Å². The van der Waals surface area contributed by atoms with Crippen LogP contribution in [-0.4, -0.2) is 46.3 Å². The van der Waals surface area contributed by atoms with Crippen LogP contribution in [0.25, 0.3) is 0 Å². The summed E-state index contributed by atoms with van der Waals surface area (Å²) in [7, 11) is 1.46. The molecule has 1 amide bonds. The van der Waals surface area contributed by atoms with Crippen LogP contribution in [0.15, 0.2) is 16.9 Å². The molecule has 0 aliphatic heterocycles. The lowest BCUT2D eigenvalue weighted by Gasteiger charge is -2.19. The number of carbonyl (C=O) groups excluding carboxylic acids is 2. The first-order valence-electron chi connectivity index (χ1n) is 5.98. The van der Waals surface area contributed by atoms with Gasteiger partial charge in [-0.15, -0.1) is 0 Å². The lowest BCUT2D eigenvalue weighted by Crippen LogP contribution is -2.37. The van der Waals surface area contributed by atoms with Crippen molar-refractivity contribution in [1.82, 2.24) is 14.7 Å². The molecule has 0 aliphatic carbocycles. The van der Waals surface area contributed by atoms with Crippen molar-refractivity contribution in [1.29, 1.82) is 0 Å². The number of nitrogens with zero attached hydrogens (tertiary/aromatic N) is 3. The van der Waals surface area contributed by atoms with Gasteiger partial charge in [-0.05, 0) is 19.9 Å². The summed E-state index contributed by atoms with van der Waals surface area (Å²) >= 11 is 0. The zero-order valence-corrected chi connectivity index (χ0v) is 11.3. The Morgan fingerprint density at radius 3 is 2.58 bits per heavy atom. The van der Waals surface area contributed by atoms with Crippen molar-refractivity contribution in [2.24, 2.45) is 7.05 Å². The summed E-state index contributed by atoms with van der Waals surface area (Å²) in [6.07, 6.45) is 0. The third kappa shape index (κ3) is 3.90. The van der Waals surface area contributed by atoms with Crippen LogP contribution in [-0.2, 0) is 16.6 Å². The summed E-state index contributed by atoms with van der Waals surface area (Å²) in [5, 5.41) is 3.86. The average Bonchev–Trinajstić information content (AvgIpc) is 2.38. The monoisotopic (exact) mass is 267 g/mol. The molecule has 0 radical (unpaired) electrons. The first-order valence-corrected chi connectivity index (χ1v) is 5.98. The van der Waals surface area contributed by atoms with Crippen molar-refractivity contribution in [3.8, 4) is 0 Å². The SMILES string of the molecule is CCOC(=O)CN(CC)C(=O)c1ccc(=O)n(C)n1. The maximum Gasteiger partial charge on any atom is 0.325 e. The van der Waals surface area contributed by atoms with Gasteiger partial charge in [-0.25, -0.2) is 4.68 Å². The van der Waals surface area contributed by atoms with Gasteiger partial charge in [-0.1, -0.05) is 0 Å². The second-order valence-electron chi connectivity index (χ2n) is 3.80. The first-order chi connectivity index (χ1) is 8.99. The van der Waals surface area contributed by atoms with E-state index < -0.39 is 11.9 Å². The Labute approximate surface area is 110 Å². The van der Waals surface area contributed by atoms with Crippen LogP contribution >= 0.6 is 0 Å². The van der Waals surface area contributed by atoms with Gasteiger partial charge < -0.3 is 9.64 Å².